The molecule has 0 radical (unpaired) electrons. The van der Waals surface area contributed by atoms with Gasteiger partial charge in [-0.2, -0.15) is 0 Å². The lowest BCUT2D eigenvalue weighted by atomic mass is 9.82. The number of aryl methyl sites for hydroxylation is 2. The Morgan fingerprint density at radius 2 is 1.84 bits per heavy atom. The third-order valence-electron chi connectivity index (χ3n) is 6.86. The molecule has 2 aliphatic rings. The van der Waals surface area contributed by atoms with Crippen LogP contribution in [-0.2, 0) is 22.4 Å². The number of carbonyl (C=O) groups excluding carboxylic acids is 1. The van der Waals surface area contributed by atoms with Crippen molar-refractivity contribution in [2.24, 2.45) is 11.8 Å². The Kier molecular flexibility index (Phi) is 6.53. The molecule has 1 saturated carbocycles. The average molecular weight is 442 g/mol. The van der Waals surface area contributed by atoms with Crippen LogP contribution in [0.25, 0.3) is 11.0 Å². The second-order valence-corrected chi connectivity index (χ2v) is 9.25. The molecule has 0 aliphatic heterocycles. The Hall–Kier alpha value is -2.83. The van der Waals surface area contributed by atoms with E-state index >= 15 is 0 Å². The van der Waals surface area contributed by atoms with Crippen molar-refractivity contribution in [2.75, 3.05) is 6.54 Å². The summed E-state index contributed by atoms with van der Waals surface area (Å²) in [5.41, 5.74) is 2.85. The summed E-state index contributed by atoms with van der Waals surface area (Å²) < 4.78 is 11.7. The maximum atomic E-state index is 12.7. The standard InChI is InChI=1S/C25H31NO6/c1-14-11-20(22-18-5-3-4-6-19(18)25(30)32-21(22)12-14)31-15(2)23(27)26-13-16-7-9-17(10-8-16)24(28)29/h11-12,15-17H,3-10,13H2,1-2H3,(H,26,27)(H,28,29)/t15-,16?,17?/m0/s1. The highest BCUT2D eigenvalue weighted by molar-refractivity contribution is 5.89. The molecule has 0 bridgehead atoms. The van der Waals surface area contributed by atoms with E-state index in [2.05, 4.69) is 5.32 Å². The number of benzene rings is 1. The zero-order valence-corrected chi connectivity index (χ0v) is 18.7. The number of nitrogens with one attached hydrogen (secondary N) is 1. The van der Waals surface area contributed by atoms with Crippen LogP contribution in [0.1, 0.15) is 62.1 Å². The summed E-state index contributed by atoms with van der Waals surface area (Å²) >= 11 is 0. The summed E-state index contributed by atoms with van der Waals surface area (Å²) in [6, 6.07) is 3.74. The molecule has 4 rings (SSSR count). The number of hydrogen-bond acceptors (Lipinski definition) is 5. The van der Waals surface area contributed by atoms with Crippen molar-refractivity contribution in [2.45, 2.75) is 71.3 Å². The third kappa shape index (κ3) is 4.66. The number of carboxylic acid groups (broad SMARTS) is 1. The van der Waals surface area contributed by atoms with Crippen LogP contribution in [0.5, 0.6) is 5.75 Å². The second kappa shape index (κ2) is 9.35. The highest BCUT2D eigenvalue weighted by Gasteiger charge is 2.27. The lowest BCUT2D eigenvalue weighted by Gasteiger charge is -2.26. The molecule has 0 unspecified atom stereocenters. The summed E-state index contributed by atoms with van der Waals surface area (Å²) in [4.78, 5) is 36.2. The number of fused-ring (bicyclic) bond motifs is 3. The maximum Gasteiger partial charge on any atom is 0.339 e. The lowest BCUT2D eigenvalue weighted by molar-refractivity contribution is -0.143. The molecule has 172 valence electrons. The zero-order chi connectivity index (χ0) is 22.8. The van der Waals surface area contributed by atoms with Gasteiger partial charge in [0.15, 0.2) is 6.10 Å². The fourth-order valence-corrected chi connectivity index (χ4v) is 5.01. The molecule has 2 aliphatic carbocycles. The average Bonchev–Trinajstić information content (AvgIpc) is 2.77. The van der Waals surface area contributed by atoms with E-state index in [-0.39, 0.29) is 17.5 Å². The summed E-state index contributed by atoms with van der Waals surface area (Å²) in [7, 11) is 0. The van der Waals surface area contributed by atoms with E-state index in [1.807, 2.05) is 19.1 Å². The SMILES string of the molecule is Cc1cc(O[C@@H](C)C(=O)NCC2CCC(C(=O)O)CC2)c2c3c(c(=O)oc2c1)CCCC3. The number of aliphatic carboxylic acids is 1. The van der Waals surface area contributed by atoms with Crippen molar-refractivity contribution in [1.82, 2.24) is 5.32 Å². The van der Waals surface area contributed by atoms with Gasteiger partial charge in [-0.05, 0) is 94.4 Å². The van der Waals surface area contributed by atoms with Crippen LogP contribution in [0, 0.1) is 18.8 Å². The number of carbonyl (C=O) groups is 2. The van der Waals surface area contributed by atoms with Crippen LogP contribution in [0.3, 0.4) is 0 Å². The topological polar surface area (TPSA) is 106 Å². The van der Waals surface area contributed by atoms with Crippen LogP contribution in [-0.4, -0.2) is 29.6 Å². The minimum atomic E-state index is -0.724. The number of carboxylic acids is 1. The molecule has 1 fully saturated rings. The van der Waals surface area contributed by atoms with E-state index in [1.165, 1.54) is 0 Å². The predicted molar refractivity (Wildman–Crippen MR) is 120 cm³/mol. The molecule has 32 heavy (non-hydrogen) atoms. The van der Waals surface area contributed by atoms with E-state index in [1.54, 1.807) is 6.92 Å². The van der Waals surface area contributed by atoms with E-state index in [0.29, 0.717) is 43.1 Å². The fraction of sp³-hybridized carbons (Fsp3) is 0.560. The smallest absolute Gasteiger partial charge is 0.339 e. The molecule has 7 nitrogen and oxygen atoms in total. The molecule has 1 amide bonds. The summed E-state index contributed by atoms with van der Waals surface area (Å²) in [6.07, 6.45) is 5.72. The summed E-state index contributed by atoms with van der Waals surface area (Å²) in [5, 5.41) is 12.9. The number of hydrogen-bond donors (Lipinski definition) is 2. The van der Waals surface area contributed by atoms with Gasteiger partial charge in [0.1, 0.15) is 11.3 Å². The first-order valence-electron chi connectivity index (χ1n) is 11.6. The first kappa shape index (κ1) is 22.4. The Balaban J connectivity index is 1.46. The van der Waals surface area contributed by atoms with Crippen molar-refractivity contribution in [3.63, 3.8) is 0 Å². The van der Waals surface area contributed by atoms with Gasteiger partial charge in [-0.15, -0.1) is 0 Å². The normalized spacial score (nSPS) is 21.6. The minimum Gasteiger partial charge on any atom is -0.481 e. The van der Waals surface area contributed by atoms with Crippen LogP contribution < -0.4 is 15.7 Å². The van der Waals surface area contributed by atoms with E-state index in [9.17, 15) is 14.4 Å². The van der Waals surface area contributed by atoms with Gasteiger partial charge >= 0.3 is 11.6 Å². The Labute approximate surface area is 187 Å². The highest BCUT2D eigenvalue weighted by Crippen LogP contribution is 2.35. The van der Waals surface area contributed by atoms with Gasteiger partial charge in [0.05, 0.1) is 11.3 Å². The van der Waals surface area contributed by atoms with Crippen molar-refractivity contribution in [1.29, 1.82) is 0 Å². The van der Waals surface area contributed by atoms with Crippen LogP contribution >= 0.6 is 0 Å². The number of rotatable bonds is 6. The van der Waals surface area contributed by atoms with Gasteiger partial charge in [-0.1, -0.05) is 0 Å². The van der Waals surface area contributed by atoms with Crippen LogP contribution in [0.4, 0.5) is 0 Å². The molecule has 1 aromatic carbocycles. The molecule has 1 atom stereocenters. The Morgan fingerprint density at radius 1 is 1.16 bits per heavy atom. The molecule has 1 heterocycles. The predicted octanol–water partition coefficient (Wildman–Crippen LogP) is 3.75. The Bertz CT molecular complexity index is 1080. The zero-order valence-electron chi connectivity index (χ0n) is 18.7. The van der Waals surface area contributed by atoms with Gasteiger partial charge in [-0.3, -0.25) is 9.59 Å². The molecule has 0 saturated heterocycles. The van der Waals surface area contributed by atoms with Gasteiger partial charge in [0.25, 0.3) is 5.91 Å². The van der Waals surface area contributed by atoms with Gasteiger partial charge in [0.2, 0.25) is 0 Å². The largest absolute Gasteiger partial charge is 0.481 e. The minimum absolute atomic E-state index is 0.203. The molecule has 0 spiro atoms. The molecule has 2 aromatic rings. The van der Waals surface area contributed by atoms with E-state index < -0.39 is 12.1 Å². The van der Waals surface area contributed by atoms with Crippen LogP contribution in [0.2, 0.25) is 0 Å². The van der Waals surface area contributed by atoms with E-state index in [0.717, 1.165) is 54.2 Å². The summed E-state index contributed by atoms with van der Waals surface area (Å²) in [5.74, 6) is -0.316. The molecule has 1 aromatic heterocycles. The van der Waals surface area contributed by atoms with Crippen LogP contribution in [0.15, 0.2) is 21.3 Å². The third-order valence-corrected chi connectivity index (χ3v) is 6.86. The highest BCUT2D eigenvalue weighted by atomic mass is 16.5. The second-order valence-electron chi connectivity index (χ2n) is 9.25. The maximum absolute atomic E-state index is 12.7. The van der Waals surface area contributed by atoms with Gasteiger partial charge in [-0.25, -0.2) is 4.79 Å². The molecular weight excluding hydrogens is 410 g/mol. The lowest BCUT2D eigenvalue weighted by Crippen LogP contribution is -2.39. The monoisotopic (exact) mass is 441 g/mol. The first-order chi connectivity index (χ1) is 15.3. The van der Waals surface area contributed by atoms with Crippen molar-refractivity contribution in [3.8, 4) is 5.75 Å². The summed E-state index contributed by atoms with van der Waals surface area (Å²) in [6.45, 7) is 4.15. The van der Waals surface area contributed by atoms with E-state index in [4.69, 9.17) is 14.3 Å². The molecule has 2 N–H and O–H groups in total. The number of ether oxygens (including phenoxy) is 1. The molecular formula is C25H31NO6. The van der Waals surface area contributed by atoms with Gasteiger partial charge < -0.3 is 19.6 Å². The molecule has 7 heteroatoms. The first-order valence-corrected chi connectivity index (χ1v) is 11.6. The Morgan fingerprint density at radius 3 is 2.53 bits per heavy atom. The van der Waals surface area contributed by atoms with Crippen molar-refractivity contribution < 1.29 is 23.8 Å². The van der Waals surface area contributed by atoms with Gasteiger partial charge in [0, 0.05) is 12.1 Å². The quantitative estimate of drug-likeness (QED) is 0.662. The number of amides is 1. The van der Waals surface area contributed by atoms with Crippen molar-refractivity contribution >= 4 is 22.8 Å². The van der Waals surface area contributed by atoms with Crippen molar-refractivity contribution in [3.05, 3.63) is 39.2 Å². The fourth-order valence-electron chi connectivity index (χ4n) is 5.01.